The Balaban J connectivity index is 3.40. The van der Waals surface area contributed by atoms with Crippen LogP contribution in [0.5, 0.6) is 0 Å². The van der Waals surface area contributed by atoms with Crippen LogP contribution in [-0.2, 0) is 0 Å². The molecule has 0 aromatic carbocycles. The Kier molecular flexibility index (Phi) is 3.83. The van der Waals surface area contributed by atoms with E-state index in [1.165, 1.54) is 0 Å². The van der Waals surface area contributed by atoms with Crippen LogP contribution in [0.2, 0.25) is 0 Å². The monoisotopic (exact) mass is 124 g/mol. The lowest BCUT2D eigenvalue weighted by Gasteiger charge is -2.04. The maximum absolute atomic E-state index is 9.02. The molecule has 0 spiro atoms. The molecule has 0 bridgehead atoms. The van der Waals surface area contributed by atoms with Gasteiger partial charge in [0.05, 0.1) is 6.10 Å². The molecule has 1 heteroatoms. The van der Waals surface area contributed by atoms with E-state index in [2.05, 4.69) is 12.5 Å². The summed E-state index contributed by atoms with van der Waals surface area (Å²) in [7, 11) is 0. The summed E-state index contributed by atoms with van der Waals surface area (Å²) in [4.78, 5) is 0. The van der Waals surface area contributed by atoms with E-state index in [9.17, 15) is 0 Å². The normalized spacial score (nSPS) is 12.1. The summed E-state index contributed by atoms with van der Waals surface area (Å²) in [6, 6.07) is 0. The summed E-state index contributed by atoms with van der Waals surface area (Å²) in [6.45, 7) is 5.52. The highest BCUT2D eigenvalue weighted by molar-refractivity contribution is 4.95. The summed E-state index contributed by atoms with van der Waals surface area (Å²) < 4.78 is 0. The van der Waals surface area contributed by atoms with Crippen molar-refractivity contribution in [2.45, 2.75) is 25.9 Å². The van der Waals surface area contributed by atoms with E-state index < -0.39 is 6.10 Å². The predicted molar refractivity (Wildman–Crippen MR) is 38.9 cm³/mol. The lowest BCUT2D eigenvalue weighted by Crippen LogP contribution is -2.04. The van der Waals surface area contributed by atoms with Gasteiger partial charge in [0.25, 0.3) is 0 Å². The Labute approximate surface area is 56.4 Å². The molecule has 1 atom stereocenters. The van der Waals surface area contributed by atoms with Crippen molar-refractivity contribution in [3.8, 4) is 12.3 Å². The number of hydrogen-bond donors (Lipinski definition) is 1. The highest BCUT2D eigenvalue weighted by Gasteiger charge is 1.99. The van der Waals surface area contributed by atoms with Crippen molar-refractivity contribution in [1.29, 1.82) is 0 Å². The van der Waals surface area contributed by atoms with E-state index in [1.54, 1.807) is 0 Å². The molecule has 0 aliphatic heterocycles. The molecule has 0 amide bonds. The molecule has 0 saturated heterocycles. The zero-order chi connectivity index (χ0) is 7.28. The fourth-order valence-electron chi connectivity index (χ4n) is 0.610. The second-order valence-electron chi connectivity index (χ2n) is 2.22. The van der Waals surface area contributed by atoms with Gasteiger partial charge in [0, 0.05) is 6.42 Å². The van der Waals surface area contributed by atoms with Crippen LogP contribution in [-0.4, -0.2) is 11.2 Å². The summed E-state index contributed by atoms with van der Waals surface area (Å²) in [5.74, 6) is 2.38. The Bertz CT molecular complexity index is 130. The van der Waals surface area contributed by atoms with Gasteiger partial charge in [-0.3, -0.25) is 0 Å². The molecule has 0 aromatic rings. The van der Waals surface area contributed by atoms with Crippen LogP contribution in [0.4, 0.5) is 0 Å². The van der Waals surface area contributed by atoms with E-state index in [-0.39, 0.29) is 0 Å². The minimum Gasteiger partial charge on any atom is -0.392 e. The second kappa shape index (κ2) is 4.17. The quantitative estimate of drug-likeness (QED) is 0.444. The van der Waals surface area contributed by atoms with Gasteiger partial charge in [0.15, 0.2) is 0 Å². The van der Waals surface area contributed by atoms with Gasteiger partial charge >= 0.3 is 0 Å². The van der Waals surface area contributed by atoms with Crippen LogP contribution in [0.3, 0.4) is 0 Å². The van der Waals surface area contributed by atoms with Gasteiger partial charge in [-0.15, -0.1) is 18.9 Å². The second-order valence-corrected chi connectivity index (χ2v) is 2.22. The van der Waals surface area contributed by atoms with E-state index >= 15 is 0 Å². The van der Waals surface area contributed by atoms with Gasteiger partial charge in [0.2, 0.25) is 0 Å². The number of terminal acetylenes is 1. The minimum atomic E-state index is -0.396. The Morgan fingerprint density at radius 3 is 2.78 bits per heavy atom. The lowest BCUT2D eigenvalue weighted by atomic mass is 10.1. The zero-order valence-electron chi connectivity index (χ0n) is 5.72. The zero-order valence-corrected chi connectivity index (χ0v) is 5.72. The van der Waals surface area contributed by atoms with Crippen LogP contribution >= 0.6 is 0 Å². The molecule has 1 nitrogen and oxygen atoms in total. The molecule has 1 N–H and O–H groups in total. The van der Waals surface area contributed by atoms with Crippen LogP contribution < -0.4 is 0 Å². The first-order valence-corrected chi connectivity index (χ1v) is 2.92. The maximum atomic E-state index is 9.02. The van der Waals surface area contributed by atoms with Crippen molar-refractivity contribution < 1.29 is 5.11 Å². The van der Waals surface area contributed by atoms with Crippen LogP contribution in [0, 0.1) is 12.3 Å². The van der Waals surface area contributed by atoms with Crippen molar-refractivity contribution in [2.75, 3.05) is 0 Å². The molecule has 50 valence electrons. The molecule has 0 radical (unpaired) electrons. The SMILES string of the molecule is C#CC[C@@H](O)CC(=C)C. The maximum Gasteiger partial charge on any atom is 0.0686 e. The molecule has 0 fully saturated rings. The molecular weight excluding hydrogens is 112 g/mol. The summed E-state index contributed by atoms with van der Waals surface area (Å²) in [6.07, 6.45) is 5.61. The highest BCUT2D eigenvalue weighted by Crippen LogP contribution is 2.03. The number of aliphatic hydroxyl groups is 1. The van der Waals surface area contributed by atoms with Crippen molar-refractivity contribution >= 4 is 0 Å². The smallest absolute Gasteiger partial charge is 0.0686 e. The molecular formula is C8H12O. The van der Waals surface area contributed by atoms with Gasteiger partial charge in [0.1, 0.15) is 0 Å². The minimum absolute atomic E-state index is 0.396. The van der Waals surface area contributed by atoms with Gasteiger partial charge in [-0.2, -0.15) is 0 Å². The number of rotatable bonds is 3. The third-order valence-electron chi connectivity index (χ3n) is 0.938. The van der Waals surface area contributed by atoms with E-state index in [4.69, 9.17) is 11.5 Å². The van der Waals surface area contributed by atoms with E-state index in [0.29, 0.717) is 12.8 Å². The first-order valence-electron chi connectivity index (χ1n) is 2.92. The first kappa shape index (κ1) is 8.26. The average Bonchev–Trinajstić information content (AvgIpc) is 1.63. The first-order chi connectivity index (χ1) is 4.16. The van der Waals surface area contributed by atoms with Gasteiger partial charge in [-0.25, -0.2) is 0 Å². The van der Waals surface area contributed by atoms with Gasteiger partial charge in [-0.05, 0) is 13.3 Å². The van der Waals surface area contributed by atoms with E-state index in [0.717, 1.165) is 5.57 Å². The molecule has 0 rings (SSSR count). The number of aliphatic hydroxyl groups excluding tert-OH is 1. The molecule has 0 unspecified atom stereocenters. The van der Waals surface area contributed by atoms with Crippen molar-refractivity contribution in [2.24, 2.45) is 0 Å². The molecule has 0 saturated carbocycles. The van der Waals surface area contributed by atoms with Crippen molar-refractivity contribution in [3.63, 3.8) is 0 Å². The Morgan fingerprint density at radius 1 is 1.89 bits per heavy atom. The molecule has 0 aliphatic rings. The van der Waals surface area contributed by atoms with E-state index in [1.807, 2.05) is 6.92 Å². The van der Waals surface area contributed by atoms with Gasteiger partial charge < -0.3 is 5.11 Å². The average molecular weight is 124 g/mol. The Morgan fingerprint density at radius 2 is 2.44 bits per heavy atom. The third-order valence-corrected chi connectivity index (χ3v) is 0.938. The number of hydrogen-bond acceptors (Lipinski definition) is 1. The standard InChI is InChI=1S/C8H12O/c1-4-5-8(9)6-7(2)3/h1,8-9H,2,5-6H2,3H3/t8-/m1/s1. The molecule has 0 aromatic heterocycles. The van der Waals surface area contributed by atoms with Crippen molar-refractivity contribution in [1.82, 2.24) is 0 Å². The molecule has 0 heterocycles. The van der Waals surface area contributed by atoms with Crippen LogP contribution in [0.1, 0.15) is 19.8 Å². The third kappa shape index (κ3) is 5.13. The Hall–Kier alpha value is -0.740. The topological polar surface area (TPSA) is 20.2 Å². The fraction of sp³-hybridized carbons (Fsp3) is 0.500. The summed E-state index contributed by atoms with van der Waals surface area (Å²) >= 11 is 0. The predicted octanol–water partition coefficient (Wildman–Crippen LogP) is 1.34. The lowest BCUT2D eigenvalue weighted by molar-refractivity contribution is 0.181. The summed E-state index contributed by atoms with van der Waals surface area (Å²) in [5.41, 5.74) is 0.970. The highest BCUT2D eigenvalue weighted by atomic mass is 16.3. The van der Waals surface area contributed by atoms with Crippen molar-refractivity contribution in [3.05, 3.63) is 12.2 Å². The molecule has 0 aliphatic carbocycles. The van der Waals surface area contributed by atoms with Crippen LogP contribution in [0.15, 0.2) is 12.2 Å². The van der Waals surface area contributed by atoms with Gasteiger partial charge in [-0.1, -0.05) is 5.57 Å². The summed E-state index contributed by atoms with van der Waals surface area (Å²) in [5, 5.41) is 9.02. The molecule has 9 heavy (non-hydrogen) atoms. The fourth-order valence-corrected chi connectivity index (χ4v) is 0.610. The largest absolute Gasteiger partial charge is 0.392 e. The van der Waals surface area contributed by atoms with Crippen LogP contribution in [0.25, 0.3) is 0 Å².